The fraction of sp³-hybridized carbons (Fsp3) is 0.556. The number of hydrogen-bond acceptors (Lipinski definition) is 5. The van der Waals surface area contributed by atoms with Crippen molar-refractivity contribution in [3.05, 3.63) is 18.2 Å². The van der Waals surface area contributed by atoms with Crippen LogP contribution < -0.4 is 15.5 Å². The van der Waals surface area contributed by atoms with Crippen molar-refractivity contribution >= 4 is 28.8 Å². The number of anilines is 2. The molecule has 0 unspecified atom stereocenters. The average Bonchev–Trinajstić information content (AvgIpc) is 3.21. The van der Waals surface area contributed by atoms with Crippen molar-refractivity contribution in [2.24, 2.45) is 5.92 Å². The Bertz CT molecular complexity index is 773. The number of nitrogens with one attached hydrogen (secondary N) is 2. The molecule has 0 spiro atoms. The summed E-state index contributed by atoms with van der Waals surface area (Å²) >= 11 is 0. The molecule has 25 heavy (non-hydrogen) atoms. The third-order valence-corrected chi connectivity index (χ3v) is 5.11. The zero-order valence-corrected chi connectivity index (χ0v) is 14.6. The largest absolute Gasteiger partial charge is 0.423 e. The van der Waals surface area contributed by atoms with Gasteiger partial charge in [0.2, 0.25) is 0 Å². The molecule has 2 amide bonds. The quantitative estimate of drug-likeness (QED) is 0.895. The third-order valence-electron chi connectivity index (χ3n) is 5.11. The molecule has 1 aliphatic carbocycles. The maximum Gasteiger partial charge on any atom is 0.319 e. The fourth-order valence-electron chi connectivity index (χ4n) is 3.87. The van der Waals surface area contributed by atoms with Gasteiger partial charge in [0.1, 0.15) is 5.52 Å². The Kier molecular flexibility index (Phi) is 4.25. The second-order valence-electron chi connectivity index (χ2n) is 7.07. The number of hydrogen-bond donors (Lipinski definition) is 2. The lowest BCUT2D eigenvalue weighted by molar-refractivity contribution is 0.0553. The van der Waals surface area contributed by atoms with Gasteiger partial charge in [-0.2, -0.15) is 4.98 Å². The number of fused-ring (bicyclic) bond motifs is 2. The van der Waals surface area contributed by atoms with E-state index in [1.54, 1.807) is 0 Å². The Morgan fingerprint density at radius 2 is 2.16 bits per heavy atom. The second kappa shape index (κ2) is 6.55. The van der Waals surface area contributed by atoms with E-state index in [9.17, 15) is 4.79 Å². The standard InChI is InChI=1S/C18H24N4O3/c1-22(2)18-21-14-10-11(6-7-16(14)25-18)19-17(23)20-13-4-3-5-15-12(13)8-9-24-15/h6-7,10,12-13,15H,3-5,8-9H2,1-2H3,(H2,19,20,23)/t12-,13-,15-/m1/s1. The summed E-state index contributed by atoms with van der Waals surface area (Å²) in [5.41, 5.74) is 2.13. The molecule has 1 aliphatic heterocycles. The number of amides is 2. The highest BCUT2D eigenvalue weighted by Gasteiger charge is 2.38. The molecule has 4 rings (SSSR count). The topological polar surface area (TPSA) is 79.6 Å². The van der Waals surface area contributed by atoms with Gasteiger partial charge in [0.05, 0.1) is 6.10 Å². The molecule has 7 nitrogen and oxygen atoms in total. The molecule has 2 aromatic rings. The molecule has 134 valence electrons. The van der Waals surface area contributed by atoms with Gasteiger partial charge in [-0.1, -0.05) is 0 Å². The predicted molar refractivity (Wildman–Crippen MR) is 96.0 cm³/mol. The molecule has 2 N–H and O–H groups in total. The molecular formula is C18H24N4O3. The number of aromatic nitrogens is 1. The van der Waals surface area contributed by atoms with Crippen LogP contribution in [0.15, 0.2) is 22.6 Å². The van der Waals surface area contributed by atoms with Crippen molar-refractivity contribution in [1.29, 1.82) is 0 Å². The molecule has 1 aromatic carbocycles. The summed E-state index contributed by atoms with van der Waals surface area (Å²) in [5.74, 6) is 0.445. The van der Waals surface area contributed by atoms with Crippen LogP contribution in [0.4, 0.5) is 16.5 Å². The van der Waals surface area contributed by atoms with E-state index in [2.05, 4.69) is 15.6 Å². The Labute approximate surface area is 146 Å². The lowest BCUT2D eigenvalue weighted by Gasteiger charge is -2.33. The van der Waals surface area contributed by atoms with Crippen LogP contribution in [-0.4, -0.2) is 43.9 Å². The van der Waals surface area contributed by atoms with E-state index in [-0.39, 0.29) is 12.1 Å². The monoisotopic (exact) mass is 344 g/mol. The molecule has 1 saturated heterocycles. The molecule has 7 heteroatoms. The SMILES string of the molecule is CN(C)c1nc2cc(NC(=O)N[C@@H]3CCC[C@H]4OCC[C@H]34)ccc2o1. The molecular weight excluding hydrogens is 320 g/mol. The Morgan fingerprint density at radius 1 is 1.28 bits per heavy atom. The van der Waals surface area contributed by atoms with Crippen LogP contribution in [0.1, 0.15) is 25.7 Å². The first kappa shape index (κ1) is 16.2. The van der Waals surface area contributed by atoms with Crippen molar-refractivity contribution in [2.75, 3.05) is 30.9 Å². The van der Waals surface area contributed by atoms with E-state index in [1.807, 2.05) is 37.2 Å². The van der Waals surface area contributed by atoms with Crippen LogP contribution in [0.2, 0.25) is 0 Å². The minimum atomic E-state index is -0.173. The fourth-order valence-corrected chi connectivity index (χ4v) is 3.87. The van der Waals surface area contributed by atoms with Crippen molar-refractivity contribution in [3.63, 3.8) is 0 Å². The molecule has 1 saturated carbocycles. The molecule has 2 aliphatic rings. The smallest absolute Gasteiger partial charge is 0.319 e. The van der Waals surface area contributed by atoms with Gasteiger partial charge in [0.15, 0.2) is 5.58 Å². The van der Waals surface area contributed by atoms with Crippen LogP contribution in [0.3, 0.4) is 0 Å². The van der Waals surface area contributed by atoms with Crippen LogP contribution in [0, 0.1) is 5.92 Å². The Morgan fingerprint density at radius 3 is 3.00 bits per heavy atom. The zero-order chi connectivity index (χ0) is 17.4. The van der Waals surface area contributed by atoms with Gasteiger partial charge < -0.3 is 24.7 Å². The number of rotatable bonds is 3. The van der Waals surface area contributed by atoms with Gasteiger partial charge in [-0.3, -0.25) is 0 Å². The van der Waals surface area contributed by atoms with Gasteiger partial charge in [-0.25, -0.2) is 4.79 Å². The number of urea groups is 1. The van der Waals surface area contributed by atoms with Crippen molar-refractivity contribution in [2.45, 2.75) is 37.8 Å². The van der Waals surface area contributed by atoms with Crippen LogP contribution >= 0.6 is 0 Å². The maximum absolute atomic E-state index is 12.4. The van der Waals surface area contributed by atoms with Crippen LogP contribution in [-0.2, 0) is 4.74 Å². The van der Waals surface area contributed by atoms with E-state index < -0.39 is 0 Å². The number of ether oxygens (including phenoxy) is 1. The highest BCUT2D eigenvalue weighted by atomic mass is 16.5. The molecule has 3 atom stereocenters. The highest BCUT2D eigenvalue weighted by molar-refractivity contribution is 5.92. The Hall–Kier alpha value is -2.28. The minimum absolute atomic E-state index is 0.173. The maximum atomic E-state index is 12.4. The summed E-state index contributed by atoms with van der Waals surface area (Å²) in [4.78, 5) is 18.6. The Balaban J connectivity index is 1.42. The lowest BCUT2D eigenvalue weighted by Crippen LogP contribution is -2.47. The van der Waals surface area contributed by atoms with Crippen LogP contribution in [0.25, 0.3) is 11.1 Å². The molecule has 0 radical (unpaired) electrons. The summed E-state index contributed by atoms with van der Waals surface area (Å²) in [6.07, 6.45) is 4.58. The van der Waals surface area contributed by atoms with E-state index in [0.717, 1.165) is 37.8 Å². The molecule has 1 aromatic heterocycles. The average molecular weight is 344 g/mol. The van der Waals surface area contributed by atoms with Gasteiger partial charge in [-0.05, 0) is 43.9 Å². The van der Waals surface area contributed by atoms with E-state index in [0.29, 0.717) is 29.3 Å². The summed E-state index contributed by atoms with van der Waals surface area (Å²) < 4.78 is 11.4. The van der Waals surface area contributed by atoms with Gasteiger partial charge in [0, 0.05) is 38.3 Å². The number of nitrogens with zero attached hydrogens (tertiary/aromatic N) is 2. The summed E-state index contributed by atoms with van der Waals surface area (Å²) in [7, 11) is 3.75. The number of carbonyl (C=O) groups excluding carboxylic acids is 1. The number of benzene rings is 1. The van der Waals surface area contributed by atoms with E-state index in [1.165, 1.54) is 0 Å². The first-order chi connectivity index (χ1) is 12.1. The van der Waals surface area contributed by atoms with E-state index in [4.69, 9.17) is 9.15 Å². The van der Waals surface area contributed by atoms with Crippen molar-refractivity contribution < 1.29 is 13.9 Å². The summed E-state index contributed by atoms with van der Waals surface area (Å²) in [6, 6.07) is 6.05. The zero-order valence-electron chi connectivity index (χ0n) is 14.6. The minimum Gasteiger partial charge on any atom is -0.423 e. The van der Waals surface area contributed by atoms with Gasteiger partial charge in [-0.15, -0.1) is 0 Å². The van der Waals surface area contributed by atoms with Crippen LogP contribution in [0.5, 0.6) is 0 Å². The molecule has 2 fully saturated rings. The van der Waals surface area contributed by atoms with Gasteiger partial charge in [0.25, 0.3) is 6.01 Å². The predicted octanol–water partition coefficient (Wildman–Crippen LogP) is 2.97. The summed E-state index contributed by atoms with van der Waals surface area (Å²) in [6.45, 7) is 0.812. The lowest BCUT2D eigenvalue weighted by atomic mass is 9.82. The third kappa shape index (κ3) is 3.28. The first-order valence-electron chi connectivity index (χ1n) is 8.87. The van der Waals surface area contributed by atoms with Crippen molar-refractivity contribution in [1.82, 2.24) is 10.3 Å². The highest BCUT2D eigenvalue weighted by Crippen LogP contribution is 2.34. The molecule has 0 bridgehead atoms. The summed E-state index contributed by atoms with van der Waals surface area (Å²) in [5, 5.41) is 6.04. The van der Waals surface area contributed by atoms with Gasteiger partial charge >= 0.3 is 6.03 Å². The first-order valence-corrected chi connectivity index (χ1v) is 8.87. The van der Waals surface area contributed by atoms with Crippen molar-refractivity contribution in [3.8, 4) is 0 Å². The number of oxazole rings is 1. The van der Waals surface area contributed by atoms with E-state index >= 15 is 0 Å². The second-order valence-corrected chi connectivity index (χ2v) is 7.07. The normalized spacial score (nSPS) is 25.6. The molecule has 2 heterocycles. The number of carbonyl (C=O) groups is 1.